The van der Waals surface area contributed by atoms with Crippen LogP contribution < -0.4 is 19.8 Å². The summed E-state index contributed by atoms with van der Waals surface area (Å²) in [5, 5.41) is 5.50. The minimum Gasteiger partial charge on any atom is -0.483 e. The average Bonchev–Trinajstić information content (AvgIpc) is 3.86. The molecule has 7 atom stereocenters. The van der Waals surface area contributed by atoms with Gasteiger partial charge in [0, 0.05) is 27.3 Å². The zero-order valence-electron chi connectivity index (χ0n) is 26.6. The number of H-pyrrole nitrogens is 1. The third kappa shape index (κ3) is 5.19. The van der Waals surface area contributed by atoms with Gasteiger partial charge < -0.3 is 15.0 Å². The fraction of sp³-hybridized carbons (Fsp3) is 0.263. The number of hydrogen-bond donors (Lipinski definition) is 2. The quantitative estimate of drug-likeness (QED) is 0.178. The molecule has 5 aromatic rings. The highest BCUT2D eigenvalue weighted by Crippen LogP contribution is 2.69. The van der Waals surface area contributed by atoms with E-state index in [-0.39, 0.29) is 52.0 Å². The molecule has 2 aliphatic heterocycles. The van der Waals surface area contributed by atoms with Gasteiger partial charge in [-0.25, -0.2) is 0 Å². The second-order valence-electron chi connectivity index (χ2n) is 13.5. The van der Waals surface area contributed by atoms with Crippen molar-refractivity contribution in [2.45, 2.75) is 28.8 Å². The number of benzene rings is 4. The number of amides is 3. The highest BCUT2D eigenvalue weighted by atomic mass is 32.2. The second-order valence-corrected chi connectivity index (χ2v) is 15.7. The second kappa shape index (κ2) is 11.8. The van der Waals surface area contributed by atoms with E-state index in [9.17, 15) is 32.3 Å². The third-order valence-corrected chi connectivity index (χ3v) is 13.4. The van der Waals surface area contributed by atoms with Crippen molar-refractivity contribution in [2.24, 2.45) is 29.6 Å². The maximum absolute atomic E-state index is 14.1. The Kier molecular flexibility index (Phi) is 7.44. The van der Waals surface area contributed by atoms with Crippen LogP contribution in [0.1, 0.15) is 28.3 Å². The molecule has 3 amide bonds. The molecule has 3 heterocycles. The Morgan fingerprint density at radius 2 is 1.63 bits per heavy atom. The first kappa shape index (κ1) is 32.1. The highest BCUT2D eigenvalue weighted by Gasteiger charge is 2.70. The minimum absolute atomic E-state index is 0.0787. The van der Waals surface area contributed by atoms with E-state index < -0.39 is 35.4 Å². The standard InChI is InChI=1S/C38H28F3N3O5S2/c39-38(40,41)20-8-5-9-22(15-20)44-35(46)30-24-16-25(31(30)36(44)47)32-29(24)28(33-34(50-32)43-37(48)51-33)23-10-3-4-11-26(23)49-17-27(45)42-21-13-12-18-6-1-2-7-19(18)14-21/h1-15,24-25,28-32H,16-17H2,(H,42,45)(H,43,48)/t24-,25-,28-,29?,30?,31?,32?/m1/s1. The number of carbonyl (C=O) groups is 3. The van der Waals surface area contributed by atoms with E-state index in [0.717, 1.165) is 49.6 Å². The minimum atomic E-state index is -4.63. The van der Waals surface area contributed by atoms with Gasteiger partial charge in [-0.05, 0) is 71.3 Å². The summed E-state index contributed by atoms with van der Waals surface area (Å²) in [4.78, 5) is 58.3. The predicted molar refractivity (Wildman–Crippen MR) is 187 cm³/mol. The van der Waals surface area contributed by atoms with Crippen LogP contribution in [0.5, 0.6) is 5.75 Å². The molecule has 0 radical (unpaired) electrons. The van der Waals surface area contributed by atoms with Crippen LogP contribution in [0.25, 0.3) is 10.8 Å². The van der Waals surface area contributed by atoms with Gasteiger partial charge in [0.25, 0.3) is 5.91 Å². The number of nitrogens with zero attached hydrogens (tertiary/aromatic N) is 1. The first-order valence-corrected chi connectivity index (χ1v) is 18.2. The van der Waals surface area contributed by atoms with Crippen LogP contribution in [0.2, 0.25) is 0 Å². The summed E-state index contributed by atoms with van der Waals surface area (Å²) in [6.45, 7) is -0.272. The molecule has 1 saturated heterocycles. The number of nitrogens with one attached hydrogen (secondary N) is 2. The maximum atomic E-state index is 14.1. The van der Waals surface area contributed by atoms with Gasteiger partial charge in [-0.15, -0.1) is 11.8 Å². The molecule has 9 rings (SSSR count). The molecular weight excluding hydrogens is 700 g/mol. The zero-order chi connectivity index (χ0) is 35.2. The Labute approximate surface area is 297 Å². The lowest BCUT2D eigenvalue weighted by Gasteiger charge is -2.43. The first-order chi connectivity index (χ1) is 24.6. The van der Waals surface area contributed by atoms with Crippen molar-refractivity contribution in [1.29, 1.82) is 0 Å². The van der Waals surface area contributed by atoms with Gasteiger partial charge in [-0.2, -0.15) is 13.2 Å². The Morgan fingerprint density at radius 1 is 0.882 bits per heavy atom. The molecule has 2 N–H and O–H groups in total. The number of halogens is 3. The predicted octanol–water partition coefficient (Wildman–Crippen LogP) is 7.30. The molecule has 4 aliphatic rings. The van der Waals surface area contributed by atoms with Crippen LogP contribution in [0, 0.1) is 29.6 Å². The van der Waals surface area contributed by atoms with E-state index in [2.05, 4.69) is 10.3 Å². The molecule has 13 heteroatoms. The van der Waals surface area contributed by atoms with Gasteiger partial charge in [0.05, 0.1) is 28.1 Å². The summed E-state index contributed by atoms with van der Waals surface area (Å²) in [7, 11) is 0. The van der Waals surface area contributed by atoms with E-state index in [4.69, 9.17) is 4.74 Å². The van der Waals surface area contributed by atoms with Gasteiger partial charge >= 0.3 is 11.0 Å². The lowest BCUT2D eigenvalue weighted by molar-refractivity contribution is -0.137. The molecule has 51 heavy (non-hydrogen) atoms. The number of carbonyl (C=O) groups excluding carboxylic acids is 3. The number of aromatic amines is 1. The number of anilines is 2. The normalized spacial score (nSPS) is 26.3. The molecule has 1 aromatic heterocycles. The van der Waals surface area contributed by atoms with Gasteiger partial charge in [-0.1, -0.05) is 65.9 Å². The fourth-order valence-electron chi connectivity index (χ4n) is 8.92. The van der Waals surface area contributed by atoms with Gasteiger partial charge in [-0.3, -0.25) is 24.1 Å². The number of thioether (sulfide) groups is 1. The van der Waals surface area contributed by atoms with E-state index in [0.29, 0.717) is 22.9 Å². The summed E-state index contributed by atoms with van der Waals surface area (Å²) in [5.41, 5.74) is 0.389. The van der Waals surface area contributed by atoms with Crippen molar-refractivity contribution in [3.63, 3.8) is 0 Å². The Bertz CT molecular complexity index is 2320. The smallest absolute Gasteiger partial charge is 0.416 e. The summed E-state index contributed by atoms with van der Waals surface area (Å²) >= 11 is 2.61. The molecule has 2 bridgehead atoms. The molecular formula is C38H28F3N3O5S2. The number of aromatic nitrogens is 1. The van der Waals surface area contributed by atoms with E-state index in [1.807, 2.05) is 54.6 Å². The third-order valence-electron chi connectivity index (χ3n) is 10.8. The fourth-order valence-corrected chi connectivity index (χ4v) is 11.8. The Balaban J connectivity index is 1.02. The lowest BCUT2D eigenvalue weighted by atomic mass is 9.68. The molecule has 4 unspecified atom stereocenters. The number of thiazole rings is 1. The summed E-state index contributed by atoms with van der Waals surface area (Å²) in [6, 6.07) is 25.2. The van der Waals surface area contributed by atoms with Crippen LogP contribution in [-0.2, 0) is 20.6 Å². The summed E-state index contributed by atoms with van der Waals surface area (Å²) in [5.74, 6) is -3.23. The largest absolute Gasteiger partial charge is 0.483 e. The molecule has 4 aromatic carbocycles. The van der Waals surface area contributed by atoms with Crippen molar-refractivity contribution < 1.29 is 32.3 Å². The first-order valence-electron chi connectivity index (χ1n) is 16.5. The summed E-state index contributed by atoms with van der Waals surface area (Å²) in [6.07, 6.45) is -4.02. The number of imide groups is 1. The van der Waals surface area contributed by atoms with Crippen molar-refractivity contribution in [2.75, 3.05) is 16.8 Å². The topological polar surface area (TPSA) is 109 Å². The average molecular weight is 728 g/mol. The van der Waals surface area contributed by atoms with Crippen molar-refractivity contribution in [3.05, 3.63) is 117 Å². The molecule has 258 valence electrons. The van der Waals surface area contributed by atoms with Gasteiger partial charge in [0.1, 0.15) is 5.75 Å². The van der Waals surface area contributed by atoms with Crippen molar-refractivity contribution in [1.82, 2.24) is 4.98 Å². The zero-order valence-corrected chi connectivity index (χ0v) is 28.2. The molecule has 0 spiro atoms. The number of para-hydroxylation sites is 1. The maximum Gasteiger partial charge on any atom is 0.416 e. The Hall–Kier alpha value is -4.88. The monoisotopic (exact) mass is 727 g/mol. The van der Waals surface area contributed by atoms with Crippen LogP contribution in [0.4, 0.5) is 24.5 Å². The number of ether oxygens (including phenoxy) is 1. The number of fused-ring (bicyclic) bond motifs is 10. The van der Waals surface area contributed by atoms with Gasteiger partial charge in [0.15, 0.2) is 6.61 Å². The van der Waals surface area contributed by atoms with Gasteiger partial charge in [0.2, 0.25) is 11.8 Å². The number of rotatable bonds is 6. The van der Waals surface area contributed by atoms with E-state index in [1.54, 1.807) is 12.1 Å². The van der Waals surface area contributed by atoms with E-state index in [1.165, 1.54) is 23.9 Å². The number of alkyl halides is 3. The van der Waals surface area contributed by atoms with Crippen LogP contribution in [-0.4, -0.2) is 34.6 Å². The van der Waals surface area contributed by atoms with E-state index >= 15 is 0 Å². The van der Waals surface area contributed by atoms with Crippen LogP contribution in [0.3, 0.4) is 0 Å². The summed E-state index contributed by atoms with van der Waals surface area (Å²) < 4.78 is 46.9. The Morgan fingerprint density at radius 3 is 2.43 bits per heavy atom. The molecule has 8 nitrogen and oxygen atoms in total. The highest BCUT2D eigenvalue weighted by molar-refractivity contribution is 8.00. The molecule has 3 fully saturated rings. The lowest BCUT2D eigenvalue weighted by Crippen LogP contribution is -2.42. The van der Waals surface area contributed by atoms with Crippen molar-refractivity contribution in [3.8, 4) is 5.75 Å². The van der Waals surface area contributed by atoms with Crippen LogP contribution in [0.15, 0.2) is 101 Å². The SMILES string of the molecule is O=C(COc1ccccc1[C@H]1c2sc(=O)[nH]c2SC2C1[C@H]1C[C@@H]2C2C(=O)N(c3cccc(C(F)(F)F)c3)C(=O)C21)Nc1ccc2ccccc2c1. The number of hydrogen-bond acceptors (Lipinski definition) is 7. The van der Waals surface area contributed by atoms with Crippen LogP contribution >= 0.6 is 23.1 Å². The molecule has 2 aliphatic carbocycles. The van der Waals surface area contributed by atoms with Crippen molar-refractivity contribution >= 4 is 63.0 Å². The molecule has 2 saturated carbocycles.